The smallest absolute Gasteiger partial charge is 0.323 e. The lowest BCUT2D eigenvalue weighted by Crippen LogP contribution is -2.48. The number of amides is 3. The molecule has 148 valence electrons. The molecule has 0 radical (unpaired) electrons. The van der Waals surface area contributed by atoms with Gasteiger partial charge < -0.3 is 16.0 Å². The molecule has 0 spiro atoms. The molecule has 2 aromatic rings. The number of hydrogen-bond acceptors (Lipinski definition) is 3. The molecule has 1 aliphatic rings. The summed E-state index contributed by atoms with van der Waals surface area (Å²) in [6, 6.07) is 15.0. The summed E-state index contributed by atoms with van der Waals surface area (Å²) in [5.41, 5.74) is 3.86. The molecule has 0 saturated heterocycles. The first-order valence-electron chi connectivity index (χ1n) is 9.72. The van der Waals surface area contributed by atoms with Gasteiger partial charge in [0, 0.05) is 30.5 Å². The molecule has 0 bridgehead atoms. The van der Waals surface area contributed by atoms with Crippen LogP contribution in [-0.4, -0.2) is 35.5 Å². The van der Waals surface area contributed by atoms with Gasteiger partial charge in [0.05, 0.1) is 6.04 Å². The summed E-state index contributed by atoms with van der Waals surface area (Å²) in [4.78, 5) is 26.9. The SMILES string of the molecule is CC(C)NC(=O)[C@@H](C)N1CCc2c(cccc2NC(=O)Nc2ccccc2)C1. The summed E-state index contributed by atoms with van der Waals surface area (Å²) in [6.07, 6.45) is 0.788. The molecule has 3 amide bonds. The number of hydrogen-bond donors (Lipinski definition) is 3. The van der Waals surface area contributed by atoms with Crippen molar-refractivity contribution < 1.29 is 9.59 Å². The Morgan fingerprint density at radius 1 is 0.964 bits per heavy atom. The van der Waals surface area contributed by atoms with Crippen LogP contribution >= 0.6 is 0 Å². The minimum atomic E-state index is -0.258. The summed E-state index contributed by atoms with van der Waals surface area (Å²) < 4.78 is 0. The third-order valence-electron chi connectivity index (χ3n) is 4.93. The molecule has 3 rings (SSSR count). The highest BCUT2D eigenvalue weighted by Gasteiger charge is 2.26. The predicted molar refractivity (Wildman–Crippen MR) is 112 cm³/mol. The average molecular weight is 380 g/mol. The fourth-order valence-corrected chi connectivity index (χ4v) is 3.46. The Kier molecular flexibility index (Phi) is 6.31. The maximum atomic E-state index is 12.3. The number of carbonyl (C=O) groups is 2. The van der Waals surface area contributed by atoms with E-state index in [1.54, 1.807) is 0 Å². The lowest BCUT2D eigenvalue weighted by Gasteiger charge is -2.34. The minimum Gasteiger partial charge on any atom is -0.353 e. The van der Waals surface area contributed by atoms with Crippen molar-refractivity contribution in [3.05, 3.63) is 59.7 Å². The Morgan fingerprint density at radius 3 is 2.43 bits per heavy atom. The van der Waals surface area contributed by atoms with Crippen LogP contribution in [0.1, 0.15) is 31.9 Å². The number of anilines is 2. The second-order valence-corrected chi connectivity index (χ2v) is 7.45. The largest absolute Gasteiger partial charge is 0.353 e. The van der Waals surface area contributed by atoms with Crippen molar-refractivity contribution in [2.45, 2.75) is 45.8 Å². The quantitative estimate of drug-likeness (QED) is 0.742. The van der Waals surface area contributed by atoms with Crippen LogP contribution in [0.3, 0.4) is 0 Å². The maximum absolute atomic E-state index is 12.3. The Balaban J connectivity index is 1.67. The minimum absolute atomic E-state index is 0.0509. The van der Waals surface area contributed by atoms with E-state index in [-0.39, 0.29) is 24.0 Å². The molecule has 1 heterocycles. The third-order valence-corrected chi connectivity index (χ3v) is 4.93. The topological polar surface area (TPSA) is 73.5 Å². The molecule has 1 aliphatic heterocycles. The van der Waals surface area contributed by atoms with E-state index in [9.17, 15) is 9.59 Å². The molecule has 0 saturated carbocycles. The van der Waals surface area contributed by atoms with Crippen molar-refractivity contribution in [3.8, 4) is 0 Å². The summed E-state index contributed by atoms with van der Waals surface area (Å²) >= 11 is 0. The summed E-state index contributed by atoms with van der Waals surface area (Å²) in [6.45, 7) is 7.34. The number of carbonyl (C=O) groups excluding carboxylic acids is 2. The van der Waals surface area contributed by atoms with Gasteiger partial charge in [-0.05, 0) is 56.5 Å². The molecule has 1 atom stereocenters. The number of fused-ring (bicyclic) bond motifs is 1. The molecule has 28 heavy (non-hydrogen) atoms. The Labute approximate surface area is 166 Å². The first kappa shape index (κ1) is 19.9. The monoisotopic (exact) mass is 380 g/mol. The van der Waals surface area contributed by atoms with Crippen molar-refractivity contribution >= 4 is 23.3 Å². The molecular weight excluding hydrogens is 352 g/mol. The number of nitrogens with zero attached hydrogens (tertiary/aromatic N) is 1. The number of rotatable bonds is 5. The van der Waals surface area contributed by atoms with Gasteiger partial charge in [0.1, 0.15) is 0 Å². The molecule has 0 aliphatic carbocycles. The molecule has 0 fully saturated rings. The van der Waals surface area contributed by atoms with Crippen molar-refractivity contribution in [2.75, 3.05) is 17.2 Å². The first-order chi connectivity index (χ1) is 13.4. The highest BCUT2D eigenvalue weighted by atomic mass is 16.2. The van der Waals surface area contributed by atoms with Gasteiger partial charge in [-0.25, -0.2) is 4.79 Å². The zero-order chi connectivity index (χ0) is 20.1. The normalized spacial score (nSPS) is 14.9. The van der Waals surface area contributed by atoms with Gasteiger partial charge in [-0.3, -0.25) is 9.69 Å². The van der Waals surface area contributed by atoms with E-state index in [1.165, 1.54) is 0 Å². The Hall–Kier alpha value is -2.86. The highest BCUT2D eigenvalue weighted by Crippen LogP contribution is 2.27. The number of nitrogens with one attached hydrogen (secondary N) is 3. The summed E-state index contributed by atoms with van der Waals surface area (Å²) in [5, 5.41) is 8.79. The van der Waals surface area contributed by atoms with Crippen molar-refractivity contribution in [1.29, 1.82) is 0 Å². The maximum Gasteiger partial charge on any atom is 0.323 e. The van der Waals surface area contributed by atoms with Crippen LogP contribution in [0.25, 0.3) is 0 Å². The Bertz CT molecular complexity index is 836. The predicted octanol–water partition coefficient (Wildman–Crippen LogP) is 3.60. The van der Waals surface area contributed by atoms with Gasteiger partial charge in [0.25, 0.3) is 0 Å². The Morgan fingerprint density at radius 2 is 1.71 bits per heavy atom. The first-order valence-corrected chi connectivity index (χ1v) is 9.72. The van der Waals surface area contributed by atoms with E-state index in [2.05, 4.69) is 26.9 Å². The van der Waals surface area contributed by atoms with Crippen LogP contribution in [0.2, 0.25) is 0 Å². The third kappa shape index (κ3) is 4.89. The van der Waals surface area contributed by atoms with Crippen LogP contribution in [0.15, 0.2) is 48.5 Å². The van der Waals surface area contributed by atoms with E-state index < -0.39 is 0 Å². The van der Waals surface area contributed by atoms with Gasteiger partial charge in [0.15, 0.2) is 0 Å². The number of para-hydroxylation sites is 1. The van der Waals surface area contributed by atoms with Crippen LogP contribution in [0, 0.1) is 0 Å². The fraction of sp³-hybridized carbons (Fsp3) is 0.364. The molecule has 0 aromatic heterocycles. The average Bonchev–Trinajstić information content (AvgIpc) is 2.67. The molecule has 6 heteroatoms. The fourth-order valence-electron chi connectivity index (χ4n) is 3.46. The molecule has 3 N–H and O–H groups in total. The summed E-state index contributed by atoms with van der Waals surface area (Å²) in [5.74, 6) is 0.0509. The van der Waals surface area contributed by atoms with Crippen molar-refractivity contribution in [3.63, 3.8) is 0 Å². The van der Waals surface area contributed by atoms with Gasteiger partial charge in [-0.1, -0.05) is 30.3 Å². The molecule has 2 aromatic carbocycles. The summed E-state index contributed by atoms with van der Waals surface area (Å²) in [7, 11) is 0. The van der Waals surface area contributed by atoms with Crippen LogP contribution in [0.5, 0.6) is 0 Å². The van der Waals surface area contributed by atoms with Gasteiger partial charge >= 0.3 is 6.03 Å². The molecule has 0 unspecified atom stereocenters. The van der Waals surface area contributed by atoms with Crippen LogP contribution in [-0.2, 0) is 17.8 Å². The lowest BCUT2D eigenvalue weighted by molar-refractivity contribution is -0.126. The van der Waals surface area contributed by atoms with Gasteiger partial charge in [-0.15, -0.1) is 0 Å². The lowest BCUT2D eigenvalue weighted by atomic mass is 9.96. The van der Waals surface area contributed by atoms with Crippen LogP contribution < -0.4 is 16.0 Å². The van der Waals surface area contributed by atoms with E-state index in [4.69, 9.17) is 0 Å². The van der Waals surface area contributed by atoms with Crippen LogP contribution in [0.4, 0.5) is 16.2 Å². The van der Waals surface area contributed by atoms with Gasteiger partial charge in [-0.2, -0.15) is 0 Å². The van der Waals surface area contributed by atoms with E-state index >= 15 is 0 Å². The molecule has 6 nitrogen and oxygen atoms in total. The second kappa shape index (κ2) is 8.89. The van der Waals surface area contributed by atoms with E-state index in [0.29, 0.717) is 6.54 Å². The van der Waals surface area contributed by atoms with Crippen molar-refractivity contribution in [2.24, 2.45) is 0 Å². The number of urea groups is 1. The second-order valence-electron chi connectivity index (χ2n) is 7.45. The molecular formula is C22H28N4O2. The van der Waals surface area contributed by atoms with E-state index in [1.807, 2.05) is 63.2 Å². The van der Waals surface area contributed by atoms with Crippen molar-refractivity contribution in [1.82, 2.24) is 10.2 Å². The van der Waals surface area contributed by atoms with Gasteiger partial charge in [0.2, 0.25) is 5.91 Å². The standard InChI is InChI=1S/C22H28N4O2/c1-15(2)23-21(27)16(3)26-13-12-19-17(14-26)8-7-11-20(19)25-22(28)24-18-9-5-4-6-10-18/h4-11,15-16H,12-14H2,1-3H3,(H,23,27)(H2,24,25,28)/t16-/m1/s1. The highest BCUT2D eigenvalue weighted by molar-refractivity contribution is 6.00. The van der Waals surface area contributed by atoms with E-state index in [0.717, 1.165) is 35.5 Å². The zero-order valence-corrected chi connectivity index (χ0v) is 16.7. The zero-order valence-electron chi connectivity index (χ0n) is 16.7. The number of benzene rings is 2.